The molecule has 27 heavy (non-hydrogen) atoms. The van der Waals surface area contributed by atoms with Gasteiger partial charge in [0, 0.05) is 24.1 Å². The highest BCUT2D eigenvalue weighted by atomic mass is 79.9. The second-order valence-corrected chi connectivity index (χ2v) is 7.12. The van der Waals surface area contributed by atoms with Crippen LogP contribution in [0.5, 0.6) is 5.75 Å². The summed E-state index contributed by atoms with van der Waals surface area (Å²) in [5, 5.41) is 0.808. The zero-order valence-corrected chi connectivity index (χ0v) is 17.8. The fourth-order valence-corrected chi connectivity index (χ4v) is 3.65. The lowest BCUT2D eigenvalue weighted by Gasteiger charge is -2.27. The number of anilines is 1. The van der Waals surface area contributed by atoms with Crippen LogP contribution < -0.4 is 9.64 Å². The fraction of sp³-hybridized carbons (Fsp3) is 0.300. The van der Waals surface area contributed by atoms with Crippen LogP contribution in [0.3, 0.4) is 0 Å². The maximum Gasteiger partial charge on any atom is 0.185 e. The number of rotatable bonds is 5. The third kappa shape index (κ3) is 5.32. The van der Waals surface area contributed by atoms with Crippen molar-refractivity contribution in [2.45, 2.75) is 13.3 Å². The van der Waals surface area contributed by atoms with Gasteiger partial charge in [-0.2, -0.15) is 0 Å². The Balaban J connectivity index is 0.00000261. The largest absolute Gasteiger partial charge is 0.497 e. The number of carbonyl (C=O) groups excluding carboxylic acids is 1. The first-order valence-corrected chi connectivity index (χ1v) is 9.45. The number of nitrogens with zero attached hydrogens (tertiary/aromatic N) is 2. The van der Waals surface area contributed by atoms with Crippen molar-refractivity contribution >= 4 is 45.4 Å². The summed E-state index contributed by atoms with van der Waals surface area (Å²) in [5.41, 5.74) is 2.08. The molecule has 0 fully saturated rings. The van der Waals surface area contributed by atoms with Gasteiger partial charge in [0.1, 0.15) is 11.6 Å². The second kappa shape index (κ2) is 9.90. The van der Waals surface area contributed by atoms with Crippen molar-refractivity contribution in [3.63, 3.8) is 0 Å². The Hall–Kier alpha value is -1.86. The van der Waals surface area contributed by atoms with Gasteiger partial charge in [0.05, 0.1) is 19.2 Å². The minimum absolute atomic E-state index is 0. The van der Waals surface area contributed by atoms with Gasteiger partial charge in [0.25, 0.3) is 0 Å². The van der Waals surface area contributed by atoms with Gasteiger partial charge in [-0.15, -0.1) is 17.0 Å². The molecular weight excluding hydrogens is 431 g/mol. The Kier molecular flexibility index (Phi) is 7.86. The molecule has 0 N–H and O–H groups in total. The third-order valence-electron chi connectivity index (χ3n) is 4.14. The van der Waals surface area contributed by atoms with E-state index in [0.717, 1.165) is 35.1 Å². The highest BCUT2D eigenvalue weighted by Crippen LogP contribution is 2.24. The Labute approximate surface area is 173 Å². The molecule has 144 valence electrons. The van der Waals surface area contributed by atoms with Crippen molar-refractivity contribution in [1.82, 2.24) is 0 Å². The highest BCUT2D eigenvalue weighted by molar-refractivity contribution is 8.93. The summed E-state index contributed by atoms with van der Waals surface area (Å²) in [4.78, 5) is 19.2. The zero-order valence-electron chi connectivity index (χ0n) is 15.3. The molecule has 0 amide bonds. The molecule has 0 saturated carbocycles. The summed E-state index contributed by atoms with van der Waals surface area (Å²) in [5.74, 6) is 0.490. The average Bonchev–Trinajstić information content (AvgIpc) is 2.67. The first-order valence-electron chi connectivity index (χ1n) is 8.46. The number of amidine groups is 1. The normalized spacial score (nSPS) is 13.4. The molecular formula is C20H22BrFN2O2S. The van der Waals surface area contributed by atoms with E-state index in [9.17, 15) is 9.18 Å². The zero-order chi connectivity index (χ0) is 18.5. The highest BCUT2D eigenvalue weighted by Gasteiger charge is 2.22. The summed E-state index contributed by atoms with van der Waals surface area (Å²) in [6.45, 7) is 2.80. The van der Waals surface area contributed by atoms with E-state index in [0.29, 0.717) is 5.75 Å². The van der Waals surface area contributed by atoms with Crippen LogP contribution in [-0.4, -0.2) is 36.9 Å². The van der Waals surface area contributed by atoms with Gasteiger partial charge in [0.2, 0.25) is 0 Å². The van der Waals surface area contributed by atoms with Crippen molar-refractivity contribution < 1.29 is 13.9 Å². The molecule has 0 radical (unpaired) electrons. The van der Waals surface area contributed by atoms with Gasteiger partial charge in [-0.25, -0.2) is 4.39 Å². The molecule has 0 atom stereocenters. The van der Waals surface area contributed by atoms with E-state index in [2.05, 4.69) is 4.99 Å². The van der Waals surface area contributed by atoms with Crippen LogP contribution in [0.4, 0.5) is 10.1 Å². The van der Waals surface area contributed by atoms with E-state index in [1.54, 1.807) is 17.8 Å². The number of halogens is 2. The molecule has 0 unspecified atom stereocenters. The number of thioether (sulfide) groups is 1. The number of benzene rings is 2. The van der Waals surface area contributed by atoms with Crippen molar-refractivity contribution in [1.29, 1.82) is 0 Å². The molecule has 0 aliphatic carbocycles. The third-order valence-corrected chi connectivity index (χ3v) is 5.24. The summed E-state index contributed by atoms with van der Waals surface area (Å²) in [6.07, 6.45) is 1.02. The number of hydrogen-bond donors (Lipinski definition) is 0. The summed E-state index contributed by atoms with van der Waals surface area (Å²) >= 11 is 1.63. The Morgan fingerprint density at radius 2 is 2.00 bits per heavy atom. The van der Waals surface area contributed by atoms with Crippen molar-refractivity contribution in [3.8, 4) is 5.75 Å². The van der Waals surface area contributed by atoms with Crippen LogP contribution >= 0.6 is 28.7 Å². The smallest absolute Gasteiger partial charge is 0.185 e. The van der Waals surface area contributed by atoms with Gasteiger partial charge in [-0.1, -0.05) is 29.5 Å². The van der Waals surface area contributed by atoms with Crippen LogP contribution in [0.15, 0.2) is 47.5 Å². The Morgan fingerprint density at radius 1 is 1.26 bits per heavy atom. The molecule has 1 aliphatic heterocycles. The van der Waals surface area contributed by atoms with Crippen molar-refractivity contribution in [2.24, 2.45) is 4.99 Å². The van der Waals surface area contributed by atoms with E-state index < -0.39 is 5.82 Å². The molecule has 3 rings (SSSR count). The molecule has 4 nitrogen and oxygen atoms in total. The molecule has 1 aliphatic rings. The molecule has 2 aromatic rings. The number of aliphatic imine (C=N–C) groups is 1. The van der Waals surface area contributed by atoms with E-state index in [1.807, 2.05) is 36.1 Å². The van der Waals surface area contributed by atoms with E-state index in [4.69, 9.17) is 4.74 Å². The van der Waals surface area contributed by atoms with Gasteiger partial charge >= 0.3 is 0 Å². The van der Waals surface area contributed by atoms with Crippen molar-refractivity contribution in [3.05, 3.63) is 59.4 Å². The van der Waals surface area contributed by atoms with E-state index in [1.165, 1.54) is 19.2 Å². The van der Waals surface area contributed by atoms with Crippen LogP contribution in [0.25, 0.3) is 0 Å². The quantitative estimate of drug-likeness (QED) is 0.604. The van der Waals surface area contributed by atoms with Crippen LogP contribution in [0, 0.1) is 12.7 Å². The molecule has 0 aromatic heterocycles. The number of methoxy groups -OCH3 is 1. The first kappa shape index (κ1) is 21.4. The predicted molar refractivity (Wildman–Crippen MR) is 116 cm³/mol. The number of ketones is 1. The lowest BCUT2D eigenvalue weighted by molar-refractivity contribution is 0.0998. The molecule has 0 bridgehead atoms. The van der Waals surface area contributed by atoms with Gasteiger partial charge in [-0.3, -0.25) is 9.79 Å². The fourth-order valence-electron chi connectivity index (χ4n) is 2.68. The summed E-state index contributed by atoms with van der Waals surface area (Å²) in [6, 6.07) is 12.2. The monoisotopic (exact) mass is 452 g/mol. The van der Waals surface area contributed by atoms with Gasteiger partial charge in [-0.05, 0) is 37.6 Å². The number of Topliss-reactive ketones (excluding diaryl/α,β-unsaturated/α-hetero) is 1. The SMILES string of the molecule is Br.COc1ccc(C(=O)CN(C2=NCCCS2)c2ccc(C)cc2)c(F)c1. The minimum Gasteiger partial charge on any atom is -0.497 e. The summed E-state index contributed by atoms with van der Waals surface area (Å²) < 4.78 is 19.3. The van der Waals surface area contributed by atoms with E-state index in [-0.39, 0.29) is 34.9 Å². The Bertz CT molecular complexity index is 827. The Morgan fingerprint density at radius 3 is 2.59 bits per heavy atom. The standard InChI is InChI=1S/C20H21FN2O2S.BrH/c1-14-4-6-15(7-5-14)23(20-22-10-3-11-26-20)13-19(24)17-9-8-16(25-2)12-18(17)21;/h4-9,12H,3,10-11,13H2,1-2H3;1H. The summed E-state index contributed by atoms with van der Waals surface area (Å²) in [7, 11) is 1.47. The topological polar surface area (TPSA) is 41.9 Å². The van der Waals surface area contributed by atoms with Crippen LogP contribution in [0.2, 0.25) is 0 Å². The van der Waals surface area contributed by atoms with E-state index >= 15 is 0 Å². The predicted octanol–water partition coefficient (Wildman–Crippen LogP) is 4.90. The molecule has 1 heterocycles. The lowest BCUT2D eigenvalue weighted by atomic mass is 10.1. The maximum atomic E-state index is 14.3. The minimum atomic E-state index is -0.573. The first-order chi connectivity index (χ1) is 12.6. The number of ether oxygens (including phenoxy) is 1. The number of aryl methyl sites for hydroxylation is 1. The maximum absolute atomic E-state index is 14.3. The molecule has 7 heteroatoms. The lowest BCUT2D eigenvalue weighted by Crippen LogP contribution is -2.35. The molecule has 2 aromatic carbocycles. The average molecular weight is 453 g/mol. The van der Waals surface area contributed by atoms with Crippen LogP contribution in [-0.2, 0) is 0 Å². The van der Waals surface area contributed by atoms with Crippen molar-refractivity contribution in [2.75, 3.05) is 30.9 Å². The molecule has 0 saturated heterocycles. The van der Waals surface area contributed by atoms with Gasteiger partial charge < -0.3 is 9.64 Å². The second-order valence-electron chi connectivity index (χ2n) is 6.06. The van der Waals surface area contributed by atoms with Gasteiger partial charge in [0.15, 0.2) is 11.0 Å². The number of carbonyl (C=O) groups is 1. The molecule has 0 spiro atoms. The number of hydrogen-bond acceptors (Lipinski definition) is 5. The van der Waals surface area contributed by atoms with Crippen LogP contribution in [0.1, 0.15) is 22.3 Å².